The van der Waals surface area contributed by atoms with Crippen molar-refractivity contribution < 1.29 is 14.3 Å². The SMILES string of the molecule is CC(C)C1CN(C(O)Nc2ccc(C#N)cc2)Cc2c(C(N)=O)c(-c3ccc(F)c(Cl)c3)nn21. The molecule has 2 heterocycles. The average Bonchev–Trinajstić information content (AvgIpc) is 3.20. The van der Waals surface area contributed by atoms with Crippen LogP contribution in [0, 0.1) is 23.1 Å². The van der Waals surface area contributed by atoms with E-state index in [1.807, 2.05) is 13.8 Å². The van der Waals surface area contributed by atoms with E-state index in [4.69, 9.17) is 22.6 Å². The first-order valence-corrected chi connectivity index (χ1v) is 11.1. The van der Waals surface area contributed by atoms with Crippen molar-refractivity contribution in [3.8, 4) is 17.3 Å². The minimum Gasteiger partial charge on any atom is -0.365 e. The van der Waals surface area contributed by atoms with Gasteiger partial charge in [-0.2, -0.15) is 10.4 Å². The molecule has 0 fully saturated rings. The first-order chi connectivity index (χ1) is 16.2. The van der Waals surface area contributed by atoms with Crippen molar-refractivity contribution >= 4 is 23.2 Å². The molecule has 2 unspecified atom stereocenters. The van der Waals surface area contributed by atoms with Crippen LogP contribution >= 0.6 is 11.6 Å². The third-order valence-corrected chi connectivity index (χ3v) is 6.25. The number of amides is 1. The third-order valence-electron chi connectivity index (χ3n) is 5.96. The van der Waals surface area contributed by atoms with Gasteiger partial charge in [-0.3, -0.25) is 14.4 Å². The second-order valence-electron chi connectivity index (χ2n) is 8.56. The summed E-state index contributed by atoms with van der Waals surface area (Å²) in [6.07, 6.45) is -1.07. The Hall–Kier alpha value is -3.45. The molecular formula is C24H24ClFN6O2. The summed E-state index contributed by atoms with van der Waals surface area (Å²) < 4.78 is 15.5. The van der Waals surface area contributed by atoms with Crippen molar-refractivity contribution in [3.05, 3.63) is 70.1 Å². The van der Waals surface area contributed by atoms with Gasteiger partial charge in [0.1, 0.15) is 11.5 Å². The number of nitrogens with two attached hydrogens (primary N) is 1. The number of nitrogens with zero attached hydrogens (tertiary/aromatic N) is 4. The number of hydrogen-bond donors (Lipinski definition) is 3. The van der Waals surface area contributed by atoms with Crippen molar-refractivity contribution in [2.75, 3.05) is 11.9 Å². The van der Waals surface area contributed by atoms with E-state index >= 15 is 0 Å². The number of nitriles is 1. The lowest BCUT2D eigenvalue weighted by Gasteiger charge is -2.38. The Morgan fingerprint density at radius 1 is 1.32 bits per heavy atom. The fraction of sp³-hybridized carbons (Fsp3) is 0.292. The van der Waals surface area contributed by atoms with Crippen LogP contribution in [0.15, 0.2) is 42.5 Å². The molecule has 1 aliphatic heterocycles. The summed E-state index contributed by atoms with van der Waals surface area (Å²) in [5.41, 5.74) is 8.50. The number of primary amides is 1. The number of benzene rings is 2. The molecule has 3 aromatic rings. The van der Waals surface area contributed by atoms with E-state index in [0.717, 1.165) is 0 Å². The van der Waals surface area contributed by atoms with Gasteiger partial charge in [-0.1, -0.05) is 25.4 Å². The summed E-state index contributed by atoms with van der Waals surface area (Å²) in [6.45, 7) is 4.71. The van der Waals surface area contributed by atoms with Gasteiger partial charge in [-0.05, 0) is 48.4 Å². The number of halogens is 2. The van der Waals surface area contributed by atoms with Crippen LogP contribution in [0.2, 0.25) is 5.02 Å². The number of carbonyl (C=O) groups excluding carboxylic acids is 1. The maximum absolute atomic E-state index is 13.7. The summed E-state index contributed by atoms with van der Waals surface area (Å²) in [7, 11) is 0. The minimum atomic E-state index is -1.07. The van der Waals surface area contributed by atoms with E-state index in [-0.39, 0.29) is 29.1 Å². The molecule has 8 nitrogen and oxygen atoms in total. The molecule has 4 rings (SSSR count). The molecule has 2 aromatic carbocycles. The Morgan fingerprint density at radius 2 is 2.03 bits per heavy atom. The van der Waals surface area contributed by atoms with Crippen molar-refractivity contribution in [2.45, 2.75) is 32.8 Å². The van der Waals surface area contributed by atoms with Gasteiger partial charge in [0.2, 0.25) is 0 Å². The number of carbonyl (C=O) groups is 1. The summed E-state index contributed by atoms with van der Waals surface area (Å²) >= 11 is 5.97. The summed E-state index contributed by atoms with van der Waals surface area (Å²) in [6, 6.07) is 12.8. The van der Waals surface area contributed by atoms with E-state index in [1.165, 1.54) is 18.2 Å². The van der Waals surface area contributed by atoms with Gasteiger partial charge < -0.3 is 16.2 Å². The van der Waals surface area contributed by atoms with E-state index in [0.29, 0.717) is 34.7 Å². The topological polar surface area (TPSA) is 120 Å². The molecule has 1 aromatic heterocycles. The lowest BCUT2D eigenvalue weighted by molar-refractivity contribution is -0.0104. The first kappa shape index (κ1) is 23.7. The van der Waals surface area contributed by atoms with Crippen molar-refractivity contribution in [3.63, 3.8) is 0 Å². The molecule has 0 radical (unpaired) electrons. The Bertz CT molecular complexity index is 1270. The molecule has 0 spiro atoms. The quantitative estimate of drug-likeness (QED) is 0.460. The molecule has 1 aliphatic rings. The number of anilines is 1. The molecule has 0 saturated heterocycles. The predicted molar refractivity (Wildman–Crippen MR) is 126 cm³/mol. The normalized spacial score (nSPS) is 16.7. The van der Waals surface area contributed by atoms with Crippen molar-refractivity contribution in [1.82, 2.24) is 14.7 Å². The monoisotopic (exact) mass is 482 g/mol. The van der Waals surface area contributed by atoms with Crippen LogP contribution in [0.1, 0.15) is 41.5 Å². The van der Waals surface area contributed by atoms with E-state index in [9.17, 15) is 14.3 Å². The smallest absolute Gasteiger partial charge is 0.252 e. The third kappa shape index (κ3) is 4.48. The molecule has 2 atom stereocenters. The minimum absolute atomic E-state index is 0.0806. The van der Waals surface area contributed by atoms with Crippen molar-refractivity contribution in [1.29, 1.82) is 5.26 Å². The highest BCUT2D eigenvalue weighted by Gasteiger charge is 2.36. The summed E-state index contributed by atoms with van der Waals surface area (Å²) in [5.74, 6) is -1.12. The van der Waals surface area contributed by atoms with Crippen LogP contribution in [-0.4, -0.2) is 38.6 Å². The fourth-order valence-corrected chi connectivity index (χ4v) is 4.32. The van der Waals surface area contributed by atoms with Gasteiger partial charge in [-0.25, -0.2) is 4.39 Å². The lowest BCUT2D eigenvalue weighted by Crippen LogP contribution is -2.48. The zero-order valence-corrected chi connectivity index (χ0v) is 19.4. The maximum Gasteiger partial charge on any atom is 0.252 e. The Kier molecular flexibility index (Phi) is 6.57. The standard InChI is InChI=1S/C24H24ClFN6O2/c1-13(2)19-11-31(24(34)29-16-6-3-14(10-27)4-7-16)12-20-21(23(28)33)22(30-32(19)20)15-5-8-18(26)17(25)9-15/h3-9,13,19,24,29,34H,11-12H2,1-2H3,(H2,28,33). The Balaban J connectivity index is 1.71. The number of aliphatic hydroxyl groups is 1. The van der Waals surface area contributed by atoms with E-state index < -0.39 is 18.1 Å². The van der Waals surface area contributed by atoms with Crippen LogP contribution < -0.4 is 11.1 Å². The van der Waals surface area contributed by atoms with Gasteiger partial charge in [-0.15, -0.1) is 0 Å². The van der Waals surface area contributed by atoms with Gasteiger partial charge in [0.15, 0.2) is 6.35 Å². The fourth-order valence-electron chi connectivity index (χ4n) is 4.13. The zero-order valence-electron chi connectivity index (χ0n) is 18.7. The first-order valence-electron chi connectivity index (χ1n) is 10.7. The lowest BCUT2D eigenvalue weighted by atomic mass is 9.99. The Morgan fingerprint density at radius 3 is 2.62 bits per heavy atom. The molecule has 34 heavy (non-hydrogen) atoms. The van der Waals surface area contributed by atoms with Gasteiger partial charge >= 0.3 is 0 Å². The molecule has 176 valence electrons. The average molecular weight is 483 g/mol. The largest absolute Gasteiger partial charge is 0.365 e. The molecule has 4 N–H and O–H groups in total. The number of aliphatic hydroxyl groups excluding tert-OH is 1. The number of nitrogens with one attached hydrogen (secondary N) is 1. The summed E-state index contributed by atoms with van der Waals surface area (Å²) in [5, 5.41) is 27.5. The van der Waals surface area contributed by atoms with Crippen molar-refractivity contribution in [2.24, 2.45) is 11.7 Å². The highest BCUT2D eigenvalue weighted by atomic mass is 35.5. The molecule has 0 bridgehead atoms. The summed E-state index contributed by atoms with van der Waals surface area (Å²) in [4.78, 5) is 14.3. The highest BCUT2D eigenvalue weighted by molar-refractivity contribution is 6.31. The molecule has 10 heteroatoms. The van der Waals surface area contributed by atoms with Crippen LogP contribution in [0.5, 0.6) is 0 Å². The molecule has 0 saturated carbocycles. The number of hydrogen-bond acceptors (Lipinski definition) is 6. The van der Waals surface area contributed by atoms with Crippen LogP contribution in [0.4, 0.5) is 10.1 Å². The molecular weight excluding hydrogens is 459 g/mol. The number of aromatic nitrogens is 2. The van der Waals surface area contributed by atoms with Gasteiger partial charge in [0.05, 0.1) is 34.0 Å². The van der Waals surface area contributed by atoms with E-state index in [2.05, 4.69) is 16.5 Å². The van der Waals surface area contributed by atoms with E-state index in [1.54, 1.807) is 33.8 Å². The Labute approximate surface area is 201 Å². The zero-order chi connectivity index (χ0) is 24.6. The predicted octanol–water partition coefficient (Wildman–Crippen LogP) is 3.71. The maximum atomic E-state index is 13.7. The van der Waals surface area contributed by atoms with Gasteiger partial charge in [0, 0.05) is 24.3 Å². The second kappa shape index (κ2) is 9.43. The van der Waals surface area contributed by atoms with Crippen LogP contribution in [0.25, 0.3) is 11.3 Å². The molecule has 0 aliphatic carbocycles. The van der Waals surface area contributed by atoms with Gasteiger partial charge in [0.25, 0.3) is 5.91 Å². The molecule has 1 amide bonds. The second-order valence-corrected chi connectivity index (χ2v) is 8.96. The van der Waals surface area contributed by atoms with Crippen LogP contribution in [-0.2, 0) is 6.54 Å². The highest BCUT2D eigenvalue weighted by Crippen LogP contribution is 2.35. The van der Waals surface area contributed by atoms with Crippen LogP contribution in [0.3, 0.4) is 0 Å². The number of rotatable bonds is 6. The number of fused-ring (bicyclic) bond motifs is 1.